The van der Waals surface area contributed by atoms with E-state index in [1.165, 1.54) is 31.5 Å². The smallest absolute Gasteiger partial charge is 0.227 e. The van der Waals surface area contributed by atoms with E-state index in [2.05, 4.69) is 39.6 Å². The molecule has 0 aromatic heterocycles. The van der Waals surface area contributed by atoms with Crippen LogP contribution in [0.4, 0.5) is 5.69 Å². The number of nitrogens with zero attached hydrogens (tertiary/aromatic N) is 3. The molecule has 156 valence electrons. The SMILES string of the molecule is CN=C(NCCN1CCCC(C)C1)NCc1ccc(N2CCCC2=O)cc1.I. The van der Waals surface area contributed by atoms with Crippen LogP contribution < -0.4 is 15.5 Å². The monoisotopic (exact) mass is 499 g/mol. The van der Waals surface area contributed by atoms with Gasteiger partial charge in [-0.2, -0.15) is 0 Å². The molecule has 0 aliphatic carbocycles. The molecule has 0 radical (unpaired) electrons. The molecule has 6 nitrogen and oxygen atoms in total. The van der Waals surface area contributed by atoms with Crippen LogP contribution >= 0.6 is 24.0 Å². The van der Waals surface area contributed by atoms with Gasteiger partial charge < -0.3 is 20.4 Å². The summed E-state index contributed by atoms with van der Waals surface area (Å²) in [6, 6.07) is 8.23. The number of hydrogen-bond donors (Lipinski definition) is 2. The van der Waals surface area contributed by atoms with Gasteiger partial charge in [0.25, 0.3) is 0 Å². The van der Waals surface area contributed by atoms with Crippen LogP contribution in [0.3, 0.4) is 0 Å². The molecule has 2 heterocycles. The molecule has 1 unspecified atom stereocenters. The number of nitrogens with one attached hydrogen (secondary N) is 2. The van der Waals surface area contributed by atoms with Crippen molar-refractivity contribution in [3.63, 3.8) is 0 Å². The lowest BCUT2D eigenvalue weighted by Gasteiger charge is -2.30. The van der Waals surface area contributed by atoms with E-state index < -0.39 is 0 Å². The molecule has 2 aliphatic rings. The number of carbonyl (C=O) groups is 1. The summed E-state index contributed by atoms with van der Waals surface area (Å²) < 4.78 is 0. The van der Waals surface area contributed by atoms with Crippen LogP contribution in [0.15, 0.2) is 29.3 Å². The van der Waals surface area contributed by atoms with Gasteiger partial charge in [0.05, 0.1) is 0 Å². The summed E-state index contributed by atoms with van der Waals surface area (Å²) in [6.45, 7) is 8.28. The van der Waals surface area contributed by atoms with Crippen LogP contribution in [0.25, 0.3) is 0 Å². The molecule has 2 saturated heterocycles. The molecule has 2 fully saturated rings. The summed E-state index contributed by atoms with van der Waals surface area (Å²) in [5, 5.41) is 6.78. The lowest BCUT2D eigenvalue weighted by Crippen LogP contribution is -2.43. The van der Waals surface area contributed by atoms with Crippen LogP contribution in [0, 0.1) is 5.92 Å². The van der Waals surface area contributed by atoms with Gasteiger partial charge in [-0.15, -0.1) is 24.0 Å². The molecule has 1 aromatic carbocycles. The second kappa shape index (κ2) is 11.6. The van der Waals surface area contributed by atoms with Crippen molar-refractivity contribution in [2.24, 2.45) is 10.9 Å². The zero-order valence-corrected chi connectivity index (χ0v) is 19.4. The van der Waals surface area contributed by atoms with Gasteiger partial charge in [0.2, 0.25) is 5.91 Å². The number of halogens is 1. The highest BCUT2D eigenvalue weighted by Crippen LogP contribution is 2.21. The third-order valence-electron chi connectivity index (χ3n) is 5.47. The molecule has 2 N–H and O–H groups in total. The van der Waals surface area contributed by atoms with Crippen molar-refractivity contribution >= 4 is 41.5 Å². The van der Waals surface area contributed by atoms with E-state index in [0.717, 1.165) is 43.6 Å². The fourth-order valence-corrected chi connectivity index (χ4v) is 3.94. The Kier molecular flexibility index (Phi) is 9.50. The summed E-state index contributed by atoms with van der Waals surface area (Å²) in [5.41, 5.74) is 2.18. The third-order valence-corrected chi connectivity index (χ3v) is 5.47. The Morgan fingerprint density at radius 2 is 1.96 bits per heavy atom. The van der Waals surface area contributed by atoms with Crippen molar-refractivity contribution < 1.29 is 4.79 Å². The van der Waals surface area contributed by atoms with Gasteiger partial charge in [0.15, 0.2) is 5.96 Å². The van der Waals surface area contributed by atoms with E-state index in [4.69, 9.17) is 0 Å². The first-order chi connectivity index (χ1) is 13.2. The number of anilines is 1. The van der Waals surface area contributed by atoms with Crippen LogP contribution in [0.5, 0.6) is 0 Å². The maximum Gasteiger partial charge on any atom is 0.227 e. The number of rotatable bonds is 6. The second-order valence-electron chi connectivity index (χ2n) is 7.72. The molecule has 2 aliphatic heterocycles. The standard InChI is InChI=1S/C21H33N5O.HI/c1-17-5-3-12-25(16-17)14-11-23-21(22-2)24-15-18-7-9-19(10-8-18)26-13-4-6-20(26)27;/h7-10,17H,3-6,11-16H2,1-2H3,(H2,22,23,24);1H. The minimum absolute atomic E-state index is 0. The van der Waals surface area contributed by atoms with Crippen LogP contribution in [0.1, 0.15) is 38.2 Å². The lowest BCUT2D eigenvalue weighted by atomic mass is 10.0. The van der Waals surface area contributed by atoms with Gasteiger partial charge >= 0.3 is 0 Å². The van der Waals surface area contributed by atoms with Crippen LogP contribution in [-0.2, 0) is 11.3 Å². The third kappa shape index (κ3) is 6.62. The number of aliphatic imine (C=N–C) groups is 1. The first-order valence-electron chi connectivity index (χ1n) is 10.2. The summed E-state index contributed by atoms with van der Waals surface area (Å²) in [5.74, 6) is 1.88. The van der Waals surface area contributed by atoms with Gasteiger partial charge in [0.1, 0.15) is 0 Å². The first-order valence-corrected chi connectivity index (χ1v) is 10.2. The van der Waals surface area contributed by atoms with Crippen molar-refractivity contribution in [2.45, 2.75) is 39.2 Å². The molecule has 0 bridgehead atoms. The van der Waals surface area contributed by atoms with Gasteiger partial charge in [0, 0.05) is 51.9 Å². The molecule has 0 saturated carbocycles. The second-order valence-corrected chi connectivity index (χ2v) is 7.72. The number of amides is 1. The number of likely N-dealkylation sites (tertiary alicyclic amines) is 1. The van der Waals surface area contributed by atoms with Gasteiger partial charge in [-0.05, 0) is 49.4 Å². The fraction of sp³-hybridized carbons (Fsp3) is 0.619. The Bertz CT molecular complexity index is 649. The maximum atomic E-state index is 11.8. The van der Waals surface area contributed by atoms with E-state index in [1.54, 1.807) is 7.05 Å². The van der Waals surface area contributed by atoms with Gasteiger partial charge in [-0.1, -0.05) is 19.1 Å². The fourth-order valence-electron chi connectivity index (χ4n) is 3.94. The number of hydrogen-bond acceptors (Lipinski definition) is 3. The number of benzene rings is 1. The summed E-state index contributed by atoms with van der Waals surface area (Å²) in [4.78, 5) is 20.6. The molecule has 7 heteroatoms. The average Bonchev–Trinajstić information content (AvgIpc) is 3.11. The molecule has 1 amide bonds. The zero-order valence-electron chi connectivity index (χ0n) is 17.1. The molecular formula is C21H34IN5O. The molecule has 1 aromatic rings. The van der Waals surface area contributed by atoms with Crippen molar-refractivity contribution in [1.29, 1.82) is 0 Å². The van der Waals surface area contributed by atoms with Crippen molar-refractivity contribution in [3.05, 3.63) is 29.8 Å². The van der Waals surface area contributed by atoms with E-state index in [0.29, 0.717) is 13.0 Å². The van der Waals surface area contributed by atoms with Gasteiger partial charge in [-0.3, -0.25) is 9.79 Å². The predicted molar refractivity (Wildman–Crippen MR) is 126 cm³/mol. The van der Waals surface area contributed by atoms with Crippen LogP contribution in [0.2, 0.25) is 0 Å². The Morgan fingerprint density at radius 3 is 2.61 bits per heavy atom. The molecule has 3 rings (SSSR count). The normalized spacial score (nSPS) is 20.8. The topological polar surface area (TPSA) is 60.0 Å². The highest BCUT2D eigenvalue weighted by Gasteiger charge is 2.21. The molecule has 28 heavy (non-hydrogen) atoms. The Morgan fingerprint density at radius 1 is 1.18 bits per heavy atom. The summed E-state index contributed by atoms with van der Waals surface area (Å²) in [6.07, 6.45) is 4.30. The van der Waals surface area contributed by atoms with E-state index >= 15 is 0 Å². The largest absolute Gasteiger partial charge is 0.355 e. The number of guanidine groups is 1. The highest BCUT2D eigenvalue weighted by atomic mass is 127. The van der Waals surface area contributed by atoms with E-state index in [-0.39, 0.29) is 29.9 Å². The molecule has 1 atom stereocenters. The summed E-state index contributed by atoms with van der Waals surface area (Å²) in [7, 11) is 1.81. The first kappa shape index (κ1) is 22.9. The van der Waals surface area contributed by atoms with E-state index in [9.17, 15) is 4.79 Å². The minimum atomic E-state index is 0. The van der Waals surface area contributed by atoms with Crippen LogP contribution in [-0.4, -0.2) is 56.5 Å². The van der Waals surface area contributed by atoms with E-state index in [1.807, 2.05) is 17.0 Å². The highest BCUT2D eigenvalue weighted by molar-refractivity contribution is 14.0. The van der Waals surface area contributed by atoms with Crippen molar-refractivity contribution in [2.75, 3.05) is 44.7 Å². The van der Waals surface area contributed by atoms with Gasteiger partial charge in [-0.25, -0.2) is 0 Å². The summed E-state index contributed by atoms with van der Waals surface area (Å²) >= 11 is 0. The maximum absolute atomic E-state index is 11.8. The Balaban J connectivity index is 0.00000280. The Labute approximate surface area is 186 Å². The minimum Gasteiger partial charge on any atom is -0.355 e. The quantitative estimate of drug-likeness (QED) is 0.359. The molecule has 0 spiro atoms. The number of carbonyl (C=O) groups excluding carboxylic acids is 1. The predicted octanol–water partition coefficient (Wildman–Crippen LogP) is 2.83. The van der Waals surface area contributed by atoms with Crippen molar-refractivity contribution in [1.82, 2.24) is 15.5 Å². The average molecular weight is 499 g/mol. The number of piperidine rings is 1. The zero-order chi connectivity index (χ0) is 19.1. The molecular weight excluding hydrogens is 465 g/mol. The lowest BCUT2D eigenvalue weighted by molar-refractivity contribution is -0.117. The Hall–Kier alpha value is -1.35. The van der Waals surface area contributed by atoms with Crippen molar-refractivity contribution in [3.8, 4) is 0 Å².